The molecule has 0 saturated carbocycles. The average molecular weight is 301 g/mol. The molecule has 0 spiro atoms. The highest BCUT2D eigenvalue weighted by Gasteiger charge is 2.07. The highest BCUT2D eigenvalue weighted by Crippen LogP contribution is 2.34. The summed E-state index contributed by atoms with van der Waals surface area (Å²) in [4.78, 5) is 2.07. The molecular formula is C18H23NOS. The van der Waals surface area contributed by atoms with Crippen LogP contribution in [0.2, 0.25) is 0 Å². The third-order valence-corrected chi connectivity index (χ3v) is 3.92. The van der Waals surface area contributed by atoms with Crippen molar-refractivity contribution in [3.63, 3.8) is 0 Å². The third-order valence-electron chi connectivity index (χ3n) is 2.88. The van der Waals surface area contributed by atoms with Crippen LogP contribution in [-0.4, -0.2) is 11.7 Å². The number of benzene rings is 1. The molecule has 0 amide bonds. The first-order chi connectivity index (χ1) is 9.83. The molecule has 2 N–H and O–H groups in total. The summed E-state index contributed by atoms with van der Waals surface area (Å²) in [5, 5.41) is 13.1. The molecule has 0 fully saturated rings. The molecule has 0 saturated heterocycles. The van der Waals surface area contributed by atoms with Gasteiger partial charge in [-0.05, 0) is 49.4 Å². The molecule has 112 valence electrons. The van der Waals surface area contributed by atoms with E-state index in [9.17, 15) is 5.11 Å². The van der Waals surface area contributed by atoms with Crippen LogP contribution in [0.1, 0.15) is 31.9 Å². The van der Waals surface area contributed by atoms with Gasteiger partial charge in [0.1, 0.15) is 5.75 Å². The van der Waals surface area contributed by atoms with Crippen molar-refractivity contribution in [1.82, 2.24) is 5.32 Å². The van der Waals surface area contributed by atoms with Crippen LogP contribution in [0.25, 0.3) is 10.6 Å². The molecule has 21 heavy (non-hydrogen) atoms. The average Bonchev–Trinajstić information content (AvgIpc) is 2.43. The van der Waals surface area contributed by atoms with Gasteiger partial charge in [-0.2, -0.15) is 0 Å². The zero-order chi connectivity index (χ0) is 16.0. The van der Waals surface area contributed by atoms with E-state index in [0.717, 1.165) is 27.3 Å². The highest BCUT2D eigenvalue weighted by molar-refractivity contribution is 8.11. The molecule has 0 aliphatic carbocycles. The first-order valence-corrected chi connectivity index (χ1v) is 7.56. The van der Waals surface area contributed by atoms with Gasteiger partial charge in [-0.25, -0.2) is 0 Å². The number of allylic oxidation sites excluding steroid dienone is 2. The first kappa shape index (κ1) is 17.2. The summed E-state index contributed by atoms with van der Waals surface area (Å²) in [7, 11) is 0. The quantitative estimate of drug-likeness (QED) is 0.683. The number of phenolic OH excluding ortho intramolecular Hbond substituents is 1. The normalized spacial score (nSPS) is 11.1. The summed E-state index contributed by atoms with van der Waals surface area (Å²) >= 11 is 1.59. The maximum Gasteiger partial charge on any atom is 0.116 e. The van der Waals surface area contributed by atoms with E-state index in [1.54, 1.807) is 23.9 Å². The molecule has 1 rings (SSSR count). The molecule has 1 aromatic rings. The second kappa shape index (κ2) is 7.79. The summed E-state index contributed by atoms with van der Waals surface area (Å²) in [5.74, 6) is 0.209. The molecule has 1 aromatic carbocycles. The predicted molar refractivity (Wildman–Crippen MR) is 96.0 cm³/mol. The van der Waals surface area contributed by atoms with Gasteiger partial charge in [0.25, 0.3) is 0 Å². The SMILES string of the molecule is C=C(C)CNC(=C)c1cc(O)cc(C(=C)S/C(C)=C\C)c1. The van der Waals surface area contributed by atoms with Gasteiger partial charge in [-0.1, -0.05) is 43.1 Å². The van der Waals surface area contributed by atoms with E-state index < -0.39 is 0 Å². The van der Waals surface area contributed by atoms with Gasteiger partial charge < -0.3 is 10.4 Å². The van der Waals surface area contributed by atoms with Crippen molar-refractivity contribution >= 4 is 22.4 Å². The first-order valence-electron chi connectivity index (χ1n) is 6.75. The van der Waals surface area contributed by atoms with E-state index in [1.807, 2.05) is 32.9 Å². The van der Waals surface area contributed by atoms with E-state index in [4.69, 9.17) is 0 Å². The Morgan fingerprint density at radius 2 is 1.81 bits per heavy atom. The van der Waals surface area contributed by atoms with E-state index >= 15 is 0 Å². The summed E-state index contributed by atoms with van der Waals surface area (Å²) in [5.41, 5.74) is 3.54. The molecule has 0 aliphatic heterocycles. The second-order valence-corrected chi connectivity index (χ2v) is 6.32. The minimum absolute atomic E-state index is 0.209. The fourth-order valence-corrected chi connectivity index (χ4v) is 2.36. The van der Waals surface area contributed by atoms with E-state index in [-0.39, 0.29) is 5.75 Å². The fourth-order valence-electron chi connectivity index (χ4n) is 1.62. The van der Waals surface area contributed by atoms with Crippen LogP contribution in [0.3, 0.4) is 0 Å². The van der Waals surface area contributed by atoms with Crippen LogP contribution in [0.5, 0.6) is 5.75 Å². The molecule has 0 atom stereocenters. The summed E-state index contributed by atoms with van der Waals surface area (Å²) in [6, 6.07) is 5.39. The molecule has 0 bridgehead atoms. The summed E-state index contributed by atoms with van der Waals surface area (Å²) in [6.07, 6.45) is 2.03. The third kappa shape index (κ3) is 5.56. The maximum atomic E-state index is 9.91. The smallest absolute Gasteiger partial charge is 0.116 e. The monoisotopic (exact) mass is 301 g/mol. The minimum atomic E-state index is 0.209. The van der Waals surface area contributed by atoms with Gasteiger partial charge in [0.15, 0.2) is 0 Å². The molecule has 0 radical (unpaired) electrons. The van der Waals surface area contributed by atoms with Gasteiger partial charge >= 0.3 is 0 Å². The lowest BCUT2D eigenvalue weighted by Crippen LogP contribution is -2.13. The number of rotatable bonds is 7. The van der Waals surface area contributed by atoms with Crippen molar-refractivity contribution in [2.24, 2.45) is 0 Å². The largest absolute Gasteiger partial charge is 0.508 e. The molecule has 0 unspecified atom stereocenters. The topological polar surface area (TPSA) is 32.3 Å². The maximum absolute atomic E-state index is 9.91. The predicted octanol–water partition coefficient (Wildman–Crippen LogP) is 5.16. The number of thioether (sulfide) groups is 1. The van der Waals surface area contributed by atoms with Crippen molar-refractivity contribution in [3.05, 3.63) is 65.6 Å². The Hall–Kier alpha value is -1.87. The Kier molecular flexibility index (Phi) is 6.38. The lowest BCUT2D eigenvalue weighted by atomic mass is 10.1. The van der Waals surface area contributed by atoms with Crippen molar-refractivity contribution in [2.75, 3.05) is 6.54 Å². The Balaban J connectivity index is 2.96. The number of nitrogens with one attached hydrogen (secondary N) is 1. The summed E-state index contributed by atoms with van der Waals surface area (Å²) < 4.78 is 0. The van der Waals surface area contributed by atoms with Crippen LogP contribution < -0.4 is 5.32 Å². The van der Waals surface area contributed by atoms with Crippen LogP contribution >= 0.6 is 11.8 Å². The Morgan fingerprint density at radius 3 is 2.38 bits per heavy atom. The number of phenols is 1. The lowest BCUT2D eigenvalue weighted by Gasteiger charge is -2.13. The van der Waals surface area contributed by atoms with Gasteiger partial charge in [0.05, 0.1) is 0 Å². The highest BCUT2D eigenvalue weighted by atomic mass is 32.2. The standard InChI is InChI=1S/C18H23NOS/c1-7-13(4)21-15(6)17-8-16(9-18(20)10-17)14(5)19-11-12(2)3/h7-10,19-20H,2,5-6,11H2,1,3-4H3/b13-7-. The van der Waals surface area contributed by atoms with Crippen LogP contribution in [-0.2, 0) is 0 Å². The number of hydrogen-bond donors (Lipinski definition) is 2. The van der Waals surface area contributed by atoms with Crippen molar-refractivity contribution in [3.8, 4) is 5.75 Å². The number of aromatic hydroxyl groups is 1. The molecular weight excluding hydrogens is 278 g/mol. The van der Waals surface area contributed by atoms with E-state index in [2.05, 4.69) is 25.1 Å². The second-order valence-electron chi connectivity index (χ2n) is 4.98. The van der Waals surface area contributed by atoms with Gasteiger partial charge in [-0.3, -0.25) is 0 Å². The fraction of sp³-hybridized carbons (Fsp3) is 0.222. The van der Waals surface area contributed by atoms with Crippen molar-refractivity contribution < 1.29 is 5.11 Å². The van der Waals surface area contributed by atoms with E-state index in [1.165, 1.54) is 4.91 Å². The van der Waals surface area contributed by atoms with Crippen LogP contribution in [0.15, 0.2) is 54.5 Å². The van der Waals surface area contributed by atoms with Gasteiger partial charge in [0, 0.05) is 22.7 Å². The summed E-state index contributed by atoms with van der Waals surface area (Å²) in [6.45, 7) is 18.6. The van der Waals surface area contributed by atoms with Crippen molar-refractivity contribution in [2.45, 2.75) is 20.8 Å². The van der Waals surface area contributed by atoms with Gasteiger partial charge in [0.2, 0.25) is 0 Å². The molecule has 2 nitrogen and oxygen atoms in total. The molecule has 0 aliphatic rings. The minimum Gasteiger partial charge on any atom is -0.508 e. The zero-order valence-corrected chi connectivity index (χ0v) is 13.8. The van der Waals surface area contributed by atoms with E-state index in [0.29, 0.717) is 6.54 Å². The Bertz CT molecular complexity index is 599. The van der Waals surface area contributed by atoms with Crippen LogP contribution in [0.4, 0.5) is 0 Å². The van der Waals surface area contributed by atoms with Crippen LogP contribution in [0, 0.1) is 0 Å². The number of hydrogen-bond acceptors (Lipinski definition) is 3. The Labute approximate surface area is 132 Å². The van der Waals surface area contributed by atoms with Gasteiger partial charge in [-0.15, -0.1) is 0 Å². The molecule has 0 aromatic heterocycles. The molecule has 0 heterocycles. The zero-order valence-electron chi connectivity index (χ0n) is 13.0. The van der Waals surface area contributed by atoms with Crippen molar-refractivity contribution in [1.29, 1.82) is 0 Å². The Morgan fingerprint density at radius 1 is 1.19 bits per heavy atom. The lowest BCUT2D eigenvalue weighted by molar-refractivity contribution is 0.475. The molecule has 3 heteroatoms.